The maximum atomic E-state index is 13.2. The lowest BCUT2D eigenvalue weighted by atomic mass is 9.99. The molecule has 0 unspecified atom stereocenters. The summed E-state index contributed by atoms with van der Waals surface area (Å²) >= 11 is 0. The standard InChI is InChI=1S/C21H24FN5O4/c1-21(12-28)8-13-6-16(17(7-18(13)31-21)27-2-4-30-5-3-27)26-20(29)15(9-23)19-24-10-14(22)11-25-19/h6-7,9-11,28H,2-5,8,12,23H2,1H3,(H,26,29)/t21-/m0/s1. The van der Waals surface area contributed by atoms with Gasteiger partial charge >= 0.3 is 0 Å². The van der Waals surface area contributed by atoms with E-state index in [1.54, 1.807) is 0 Å². The van der Waals surface area contributed by atoms with E-state index in [0.717, 1.165) is 29.8 Å². The lowest BCUT2D eigenvalue weighted by Crippen LogP contribution is -2.37. The predicted molar refractivity (Wildman–Crippen MR) is 112 cm³/mol. The van der Waals surface area contributed by atoms with Gasteiger partial charge in [-0.25, -0.2) is 14.4 Å². The number of fused-ring (bicyclic) bond motifs is 1. The van der Waals surface area contributed by atoms with Gasteiger partial charge in [0, 0.05) is 37.3 Å². The molecule has 1 aromatic heterocycles. The van der Waals surface area contributed by atoms with Crippen LogP contribution in [0.15, 0.2) is 30.7 Å². The molecule has 1 fully saturated rings. The fourth-order valence-corrected chi connectivity index (χ4v) is 3.70. The van der Waals surface area contributed by atoms with Gasteiger partial charge in [0.15, 0.2) is 11.6 Å². The molecule has 10 heteroatoms. The molecule has 0 aliphatic carbocycles. The van der Waals surface area contributed by atoms with Gasteiger partial charge in [-0.1, -0.05) is 0 Å². The molecule has 0 saturated carbocycles. The van der Waals surface area contributed by atoms with E-state index in [1.165, 1.54) is 0 Å². The summed E-state index contributed by atoms with van der Waals surface area (Å²) in [6.07, 6.45) is 3.55. The molecule has 0 bridgehead atoms. The van der Waals surface area contributed by atoms with Crippen molar-refractivity contribution in [3.63, 3.8) is 0 Å². The largest absolute Gasteiger partial charge is 0.484 e. The van der Waals surface area contributed by atoms with Gasteiger partial charge in [0.1, 0.15) is 11.4 Å². The van der Waals surface area contributed by atoms with Crippen LogP contribution >= 0.6 is 0 Å². The minimum absolute atomic E-state index is 0.0184. The first-order chi connectivity index (χ1) is 14.9. The number of benzene rings is 1. The van der Waals surface area contributed by atoms with Gasteiger partial charge in [0.2, 0.25) is 0 Å². The Hall–Kier alpha value is -3.24. The predicted octanol–water partition coefficient (Wildman–Crippen LogP) is 1.08. The van der Waals surface area contributed by atoms with Crippen molar-refractivity contribution in [2.75, 3.05) is 43.1 Å². The van der Waals surface area contributed by atoms with Gasteiger partial charge in [-0.3, -0.25) is 4.79 Å². The van der Waals surface area contributed by atoms with E-state index in [9.17, 15) is 14.3 Å². The number of carbonyl (C=O) groups is 1. The summed E-state index contributed by atoms with van der Waals surface area (Å²) in [4.78, 5) is 22.8. The Bertz CT molecular complexity index is 1010. The van der Waals surface area contributed by atoms with E-state index in [4.69, 9.17) is 15.2 Å². The van der Waals surface area contributed by atoms with E-state index >= 15 is 0 Å². The van der Waals surface area contributed by atoms with Gasteiger partial charge in [0.05, 0.1) is 49.2 Å². The molecule has 1 saturated heterocycles. The number of nitrogens with one attached hydrogen (secondary N) is 1. The summed E-state index contributed by atoms with van der Waals surface area (Å²) in [5.74, 6) is -0.438. The number of carbonyl (C=O) groups excluding carboxylic acids is 1. The molecule has 164 valence electrons. The smallest absolute Gasteiger partial charge is 0.261 e. The van der Waals surface area contributed by atoms with Gasteiger partial charge < -0.3 is 30.5 Å². The second-order valence-electron chi connectivity index (χ2n) is 7.72. The van der Waals surface area contributed by atoms with Crippen molar-refractivity contribution < 1.29 is 23.8 Å². The highest BCUT2D eigenvalue weighted by Gasteiger charge is 2.35. The van der Waals surface area contributed by atoms with Crippen molar-refractivity contribution >= 4 is 22.9 Å². The minimum atomic E-state index is -0.711. The monoisotopic (exact) mass is 429 g/mol. The molecule has 1 amide bonds. The molecule has 9 nitrogen and oxygen atoms in total. The second kappa shape index (κ2) is 8.48. The number of hydrogen-bond acceptors (Lipinski definition) is 8. The van der Waals surface area contributed by atoms with Gasteiger partial charge in [-0.2, -0.15) is 0 Å². The van der Waals surface area contributed by atoms with Crippen LogP contribution in [0.25, 0.3) is 5.57 Å². The summed E-state index contributed by atoms with van der Waals surface area (Å²) in [5, 5.41) is 12.6. The van der Waals surface area contributed by atoms with Crippen molar-refractivity contribution in [1.82, 2.24) is 9.97 Å². The number of morpholine rings is 1. The zero-order chi connectivity index (χ0) is 22.0. The van der Waals surface area contributed by atoms with Crippen LogP contribution in [0.1, 0.15) is 18.3 Å². The van der Waals surface area contributed by atoms with Crippen LogP contribution in [0.5, 0.6) is 5.75 Å². The average molecular weight is 429 g/mol. The summed E-state index contributed by atoms with van der Waals surface area (Å²) in [7, 11) is 0. The lowest BCUT2D eigenvalue weighted by molar-refractivity contribution is -0.111. The van der Waals surface area contributed by atoms with Gasteiger partial charge in [-0.15, -0.1) is 0 Å². The summed E-state index contributed by atoms with van der Waals surface area (Å²) in [6.45, 7) is 4.15. The molecule has 4 rings (SSSR count). The first-order valence-corrected chi connectivity index (χ1v) is 9.93. The molecular formula is C21H24FN5O4. The minimum Gasteiger partial charge on any atom is -0.484 e. The topological polar surface area (TPSA) is 123 Å². The lowest BCUT2D eigenvalue weighted by Gasteiger charge is -2.31. The van der Waals surface area contributed by atoms with E-state index in [-0.39, 0.29) is 18.0 Å². The van der Waals surface area contributed by atoms with Crippen LogP contribution in [-0.2, 0) is 16.0 Å². The van der Waals surface area contributed by atoms with Crippen molar-refractivity contribution in [3.05, 3.63) is 47.9 Å². The van der Waals surface area contributed by atoms with Crippen molar-refractivity contribution in [3.8, 4) is 5.75 Å². The Kier molecular flexibility index (Phi) is 5.75. The molecule has 2 aliphatic rings. The Labute approximate surface area is 178 Å². The van der Waals surface area contributed by atoms with Crippen LogP contribution in [-0.4, -0.2) is 59.5 Å². The van der Waals surface area contributed by atoms with Crippen LogP contribution in [0.2, 0.25) is 0 Å². The number of nitrogens with two attached hydrogens (primary N) is 1. The maximum absolute atomic E-state index is 13.2. The first-order valence-electron chi connectivity index (χ1n) is 9.93. The Balaban J connectivity index is 1.67. The van der Waals surface area contributed by atoms with E-state index < -0.39 is 17.3 Å². The second-order valence-corrected chi connectivity index (χ2v) is 7.72. The zero-order valence-corrected chi connectivity index (χ0v) is 17.1. The molecule has 2 aliphatic heterocycles. The van der Waals surface area contributed by atoms with E-state index in [2.05, 4.69) is 20.2 Å². The van der Waals surface area contributed by atoms with E-state index in [1.807, 2.05) is 19.1 Å². The number of rotatable bonds is 5. The Morgan fingerprint density at radius 1 is 1.35 bits per heavy atom. The number of ether oxygens (including phenoxy) is 2. The van der Waals surface area contributed by atoms with Gasteiger partial charge in [-0.05, 0) is 13.0 Å². The fourth-order valence-electron chi connectivity index (χ4n) is 3.70. The number of nitrogens with zero attached hydrogens (tertiary/aromatic N) is 3. The number of aliphatic hydroxyl groups is 1. The number of anilines is 2. The number of aromatic nitrogens is 2. The molecule has 0 radical (unpaired) electrons. The molecule has 4 N–H and O–H groups in total. The number of aliphatic hydroxyl groups excluding tert-OH is 1. The van der Waals surface area contributed by atoms with Gasteiger partial charge in [0.25, 0.3) is 5.91 Å². The summed E-state index contributed by atoms with van der Waals surface area (Å²) < 4.78 is 24.6. The van der Waals surface area contributed by atoms with Crippen LogP contribution in [0.4, 0.5) is 15.8 Å². The molecule has 31 heavy (non-hydrogen) atoms. The summed E-state index contributed by atoms with van der Waals surface area (Å²) in [5.41, 5.74) is 7.17. The normalized spacial score (nSPS) is 20.9. The fraction of sp³-hybridized carbons (Fsp3) is 0.381. The average Bonchev–Trinajstić information content (AvgIpc) is 3.11. The van der Waals surface area contributed by atoms with Crippen molar-refractivity contribution in [1.29, 1.82) is 0 Å². The third-order valence-electron chi connectivity index (χ3n) is 5.31. The van der Waals surface area contributed by atoms with Crippen LogP contribution in [0, 0.1) is 5.82 Å². The highest BCUT2D eigenvalue weighted by Crippen LogP contribution is 2.42. The number of amides is 1. The molecule has 2 aromatic rings. The number of halogens is 1. The third-order valence-corrected chi connectivity index (χ3v) is 5.31. The molecular weight excluding hydrogens is 405 g/mol. The number of hydrogen-bond donors (Lipinski definition) is 3. The van der Waals surface area contributed by atoms with E-state index in [0.29, 0.717) is 44.2 Å². The van der Waals surface area contributed by atoms with Crippen LogP contribution in [0.3, 0.4) is 0 Å². The Morgan fingerprint density at radius 3 is 2.71 bits per heavy atom. The highest BCUT2D eigenvalue weighted by molar-refractivity contribution is 6.24. The quantitative estimate of drug-likeness (QED) is 0.604. The summed E-state index contributed by atoms with van der Waals surface area (Å²) in [6, 6.07) is 3.72. The van der Waals surface area contributed by atoms with Crippen molar-refractivity contribution in [2.24, 2.45) is 5.73 Å². The first kappa shape index (κ1) is 21.0. The van der Waals surface area contributed by atoms with Crippen molar-refractivity contribution in [2.45, 2.75) is 18.9 Å². The SMILES string of the molecule is C[C@@]1(CO)Cc2cc(NC(=O)C(=CN)c3ncc(F)cn3)c(N3CCOCC3)cc2O1. The van der Waals surface area contributed by atoms with Crippen LogP contribution < -0.4 is 20.7 Å². The highest BCUT2D eigenvalue weighted by atomic mass is 19.1. The zero-order valence-electron chi connectivity index (χ0n) is 17.1. The molecule has 3 heterocycles. The third kappa shape index (κ3) is 4.30. The molecule has 1 aromatic carbocycles. The maximum Gasteiger partial charge on any atom is 0.261 e. The molecule has 0 spiro atoms. The Morgan fingerprint density at radius 2 is 2.06 bits per heavy atom. The molecule has 1 atom stereocenters.